The Bertz CT molecular complexity index is 501. The van der Waals surface area contributed by atoms with E-state index in [0.717, 1.165) is 6.42 Å². The molecule has 0 aromatic carbocycles. The summed E-state index contributed by atoms with van der Waals surface area (Å²) in [4.78, 5) is 18.2. The maximum atomic E-state index is 12.4. The zero-order chi connectivity index (χ0) is 15.0. The second-order valence-corrected chi connectivity index (χ2v) is 5.08. The fourth-order valence-corrected chi connectivity index (χ4v) is 1.62. The molecule has 0 bridgehead atoms. The molecule has 0 saturated carbocycles. The van der Waals surface area contributed by atoms with Crippen molar-refractivity contribution in [2.75, 3.05) is 20.2 Å². The molecule has 0 aliphatic carbocycles. The molecule has 0 unspecified atom stereocenters. The Morgan fingerprint density at radius 2 is 2.25 bits per heavy atom. The standard InChI is InChI=1S/C16H22N2O2/c1-13(2)9-11-18(3)16(20)15-14(7-4-5-12-19)8-6-10-17-15/h6,8,10,13,19H,5,9,11-12H2,1-3H3. The van der Waals surface area contributed by atoms with E-state index in [-0.39, 0.29) is 12.5 Å². The number of pyridine rings is 1. The van der Waals surface area contributed by atoms with E-state index in [1.165, 1.54) is 0 Å². The van der Waals surface area contributed by atoms with Gasteiger partial charge < -0.3 is 10.0 Å². The van der Waals surface area contributed by atoms with Crippen LogP contribution in [0.3, 0.4) is 0 Å². The minimum Gasteiger partial charge on any atom is -0.395 e. The summed E-state index contributed by atoms with van der Waals surface area (Å²) in [5.41, 5.74) is 0.992. The van der Waals surface area contributed by atoms with Crippen LogP contribution < -0.4 is 0 Å². The highest BCUT2D eigenvalue weighted by molar-refractivity contribution is 5.94. The molecule has 1 aromatic heterocycles. The van der Waals surface area contributed by atoms with Crippen molar-refractivity contribution in [2.24, 2.45) is 5.92 Å². The molecule has 0 aliphatic rings. The second kappa shape index (κ2) is 8.34. The lowest BCUT2D eigenvalue weighted by molar-refractivity contribution is 0.0783. The Morgan fingerprint density at radius 1 is 1.50 bits per heavy atom. The number of aromatic nitrogens is 1. The van der Waals surface area contributed by atoms with E-state index in [1.54, 1.807) is 30.3 Å². The number of carbonyl (C=O) groups excluding carboxylic acids is 1. The van der Waals surface area contributed by atoms with Crippen LogP contribution in [0.1, 0.15) is 42.7 Å². The van der Waals surface area contributed by atoms with Gasteiger partial charge in [0.05, 0.1) is 12.2 Å². The highest BCUT2D eigenvalue weighted by Gasteiger charge is 2.16. The van der Waals surface area contributed by atoms with E-state index in [9.17, 15) is 4.79 Å². The number of hydrogen-bond donors (Lipinski definition) is 1. The van der Waals surface area contributed by atoms with Crippen LogP contribution in [0.5, 0.6) is 0 Å². The van der Waals surface area contributed by atoms with Crippen LogP contribution >= 0.6 is 0 Å². The Morgan fingerprint density at radius 3 is 2.90 bits per heavy atom. The van der Waals surface area contributed by atoms with Gasteiger partial charge in [-0.1, -0.05) is 25.7 Å². The minimum absolute atomic E-state index is 0.0187. The summed E-state index contributed by atoms with van der Waals surface area (Å²) in [5.74, 6) is 6.16. The molecule has 0 spiro atoms. The predicted molar refractivity (Wildman–Crippen MR) is 79.2 cm³/mol. The topological polar surface area (TPSA) is 53.4 Å². The molecule has 1 rings (SSSR count). The van der Waals surface area contributed by atoms with Crippen molar-refractivity contribution in [1.29, 1.82) is 0 Å². The van der Waals surface area contributed by atoms with E-state index in [1.807, 2.05) is 0 Å². The Balaban J connectivity index is 2.85. The molecule has 1 heterocycles. The molecule has 0 fully saturated rings. The number of amides is 1. The second-order valence-electron chi connectivity index (χ2n) is 5.08. The molecule has 20 heavy (non-hydrogen) atoms. The smallest absolute Gasteiger partial charge is 0.273 e. The zero-order valence-electron chi connectivity index (χ0n) is 12.4. The van der Waals surface area contributed by atoms with Gasteiger partial charge in [0.2, 0.25) is 0 Å². The van der Waals surface area contributed by atoms with Gasteiger partial charge in [-0.05, 0) is 24.5 Å². The summed E-state index contributed by atoms with van der Waals surface area (Å²) in [5, 5.41) is 8.74. The lowest BCUT2D eigenvalue weighted by atomic mass is 10.1. The van der Waals surface area contributed by atoms with E-state index >= 15 is 0 Å². The van der Waals surface area contributed by atoms with Crippen LogP contribution in [0.15, 0.2) is 18.3 Å². The summed E-state index contributed by atoms with van der Waals surface area (Å²) in [6, 6.07) is 3.54. The Kier molecular flexibility index (Phi) is 6.75. The van der Waals surface area contributed by atoms with Crippen molar-refractivity contribution in [3.63, 3.8) is 0 Å². The normalized spacial score (nSPS) is 10.1. The fourth-order valence-electron chi connectivity index (χ4n) is 1.62. The van der Waals surface area contributed by atoms with Crippen LogP contribution in [0, 0.1) is 17.8 Å². The van der Waals surface area contributed by atoms with E-state index in [2.05, 4.69) is 30.7 Å². The molecular formula is C16H22N2O2. The molecule has 0 atom stereocenters. The molecular weight excluding hydrogens is 252 g/mol. The van der Waals surface area contributed by atoms with Crippen molar-refractivity contribution >= 4 is 5.91 Å². The SMILES string of the molecule is CC(C)CCN(C)C(=O)c1ncccc1C#CCCO. The van der Waals surface area contributed by atoms with Crippen LogP contribution in [0.2, 0.25) is 0 Å². The third-order valence-corrected chi connectivity index (χ3v) is 2.86. The van der Waals surface area contributed by atoms with Crippen LogP contribution in [-0.2, 0) is 0 Å². The molecule has 0 radical (unpaired) electrons. The van der Waals surface area contributed by atoms with Gasteiger partial charge in [-0.15, -0.1) is 0 Å². The van der Waals surface area contributed by atoms with Crippen molar-refractivity contribution < 1.29 is 9.90 Å². The number of hydrogen-bond acceptors (Lipinski definition) is 3. The monoisotopic (exact) mass is 274 g/mol. The predicted octanol–water partition coefficient (Wildman–Crippen LogP) is 1.93. The van der Waals surface area contributed by atoms with E-state index in [0.29, 0.717) is 30.1 Å². The lowest BCUT2D eigenvalue weighted by Gasteiger charge is -2.18. The molecule has 1 aromatic rings. The molecule has 4 heteroatoms. The first-order chi connectivity index (χ1) is 9.56. The van der Waals surface area contributed by atoms with Crippen LogP contribution in [0.4, 0.5) is 0 Å². The largest absolute Gasteiger partial charge is 0.395 e. The third-order valence-electron chi connectivity index (χ3n) is 2.86. The van der Waals surface area contributed by atoms with Gasteiger partial charge in [-0.25, -0.2) is 4.98 Å². The first-order valence-electron chi connectivity index (χ1n) is 6.86. The number of aliphatic hydroxyl groups is 1. The van der Waals surface area contributed by atoms with Crippen molar-refractivity contribution in [1.82, 2.24) is 9.88 Å². The molecule has 1 amide bonds. The maximum Gasteiger partial charge on any atom is 0.273 e. The first kappa shape index (κ1) is 16.2. The fraction of sp³-hybridized carbons (Fsp3) is 0.500. The van der Waals surface area contributed by atoms with Gasteiger partial charge >= 0.3 is 0 Å². The summed E-state index contributed by atoms with van der Waals surface area (Å²) in [6.07, 6.45) is 2.95. The summed E-state index contributed by atoms with van der Waals surface area (Å²) >= 11 is 0. The zero-order valence-corrected chi connectivity index (χ0v) is 12.4. The summed E-state index contributed by atoms with van der Waals surface area (Å²) < 4.78 is 0. The van der Waals surface area contributed by atoms with Crippen molar-refractivity contribution in [3.8, 4) is 11.8 Å². The van der Waals surface area contributed by atoms with Gasteiger partial charge in [0.25, 0.3) is 5.91 Å². The van der Waals surface area contributed by atoms with E-state index < -0.39 is 0 Å². The quantitative estimate of drug-likeness (QED) is 0.835. The molecule has 108 valence electrons. The number of carbonyl (C=O) groups is 1. The summed E-state index contributed by atoms with van der Waals surface area (Å²) in [7, 11) is 1.78. The van der Waals surface area contributed by atoms with Gasteiger partial charge in [0.1, 0.15) is 5.69 Å². The lowest BCUT2D eigenvalue weighted by Crippen LogP contribution is -2.29. The maximum absolute atomic E-state index is 12.4. The Labute approximate surface area is 120 Å². The average molecular weight is 274 g/mol. The van der Waals surface area contributed by atoms with Crippen LogP contribution in [0.25, 0.3) is 0 Å². The first-order valence-corrected chi connectivity index (χ1v) is 6.86. The number of nitrogens with zero attached hydrogens (tertiary/aromatic N) is 2. The average Bonchev–Trinajstić information content (AvgIpc) is 2.44. The highest BCUT2D eigenvalue weighted by atomic mass is 16.2. The van der Waals surface area contributed by atoms with E-state index in [4.69, 9.17) is 5.11 Å². The van der Waals surface area contributed by atoms with Gasteiger partial charge in [-0.3, -0.25) is 4.79 Å². The molecule has 1 N–H and O–H groups in total. The highest BCUT2D eigenvalue weighted by Crippen LogP contribution is 2.09. The summed E-state index contributed by atoms with van der Waals surface area (Å²) in [6.45, 7) is 4.98. The third kappa shape index (κ3) is 5.02. The number of aliphatic hydroxyl groups excluding tert-OH is 1. The van der Waals surface area contributed by atoms with Gasteiger partial charge in [0.15, 0.2) is 0 Å². The molecule has 4 nitrogen and oxygen atoms in total. The van der Waals surface area contributed by atoms with Crippen LogP contribution in [-0.4, -0.2) is 41.1 Å². The minimum atomic E-state index is -0.112. The van der Waals surface area contributed by atoms with Crippen molar-refractivity contribution in [2.45, 2.75) is 26.7 Å². The van der Waals surface area contributed by atoms with Gasteiger partial charge in [0, 0.05) is 26.2 Å². The Hall–Kier alpha value is -1.86. The molecule has 0 aliphatic heterocycles. The molecule has 0 saturated heterocycles. The van der Waals surface area contributed by atoms with Crippen molar-refractivity contribution in [3.05, 3.63) is 29.6 Å². The van der Waals surface area contributed by atoms with Gasteiger partial charge in [-0.2, -0.15) is 0 Å². The number of rotatable bonds is 5.